The maximum absolute atomic E-state index is 12.2. The zero-order chi connectivity index (χ0) is 19.6. The normalized spacial score (nSPS) is 10.7. The van der Waals surface area contributed by atoms with E-state index in [-0.39, 0.29) is 49.1 Å². The lowest BCUT2D eigenvalue weighted by atomic mass is 10.3. The molecule has 0 saturated carbocycles. The molecular formula is C18H10Cl5NO3. The van der Waals surface area contributed by atoms with Crippen LogP contribution in [-0.4, -0.2) is 5.91 Å². The highest BCUT2D eigenvalue weighted by Crippen LogP contribution is 2.48. The highest BCUT2D eigenvalue weighted by Gasteiger charge is 2.21. The molecule has 0 atom stereocenters. The Kier molecular flexibility index (Phi) is 6.45. The van der Waals surface area contributed by atoms with Crippen molar-refractivity contribution in [2.45, 2.75) is 6.61 Å². The number of hydrogen-bond acceptors (Lipinski definition) is 3. The monoisotopic (exact) mass is 463 g/mol. The van der Waals surface area contributed by atoms with E-state index in [0.29, 0.717) is 11.4 Å². The van der Waals surface area contributed by atoms with Gasteiger partial charge in [-0.1, -0.05) is 76.2 Å². The first-order chi connectivity index (χ1) is 12.9. The van der Waals surface area contributed by atoms with Crippen molar-refractivity contribution in [3.05, 3.63) is 79.1 Å². The fourth-order valence-electron chi connectivity index (χ4n) is 2.15. The van der Waals surface area contributed by atoms with Crippen molar-refractivity contribution in [1.82, 2.24) is 0 Å². The number of rotatable bonds is 5. The number of carbonyl (C=O) groups excluding carboxylic acids is 1. The van der Waals surface area contributed by atoms with E-state index in [1.54, 1.807) is 18.2 Å². The summed E-state index contributed by atoms with van der Waals surface area (Å²) in [5.41, 5.74) is 0.653. The van der Waals surface area contributed by atoms with Crippen LogP contribution in [0.4, 0.5) is 5.69 Å². The Balaban J connectivity index is 1.71. The van der Waals surface area contributed by atoms with Crippen LogP contribution in [0.1, 0.15) is 16.3 Å². The maximum atomic E-state index is 12.2. The number of hydrogen-bond donors (Lipinski definition) is 1. The van der Waals surface area contributed by atoms with Crippen molar-refractivity contribution in [3.8, 4) is 5.75 Å². The van der Waals surface area contributed by atoms with Gasteiger partial charge < -0.3 is 14.5 Å². The SMILES string of the molecule is O=C(Nc1ccccc1)c1ccc(COc2c(Cl)c(Cl)c(Cl)c(Cl)c2Cl)o1. The third-order valence-electron chi connectivity index (χ3n) is 3.45. The number of amides is 1. The van der Waals surface area contributed by atoms with Gasteiger partial charge in [0.15, 0.2) is 11.5 Å². The van der Waals surface area contributed by atoms with Crippen LogP contribution in [0, 0.1) is 0 Å². The van der Waals surface area contributed by atoms with E-state index in [1.807, 2.05) is 18.2 Å². The first-order valence-corrected chi connectivity index (χ1v) is 9.36. The number of halogens is 5. The average Bonchev–Trinajstić information content (AvgIpc) is 3.15. The minimum absolute atomic E-state index is 0.0321. The quantitative estimate of drug-likeness (QED) is 0.316. The van der Waals surface area contributed by atoms with E-state index in [4.69, 9.17) is 67.2 Å². The van der Waals surface area contributed by atoms with Crippen LogP contribution in [0.5, 0.6) is 5.75 Å². The van der Waals surface area contributed by atoms with Crippen molar-refractivity contribution >= 4 is 69.6 Å². The molecule has 4 nitrogen and oxygen atoms in total. The van der Waals surface area contributed by atoms with E-state index in [9.17, 15) is 4.79 Å². The van der Waals surface area contributed by atoms with Crippen LogP contribution >= 0.6 is 58.0 Å². The van der Waals surface area contributed by atoms with Crippen LogP contribution in [0.15, 0.2) is 46.9 Å². The van der Waals surface area contributed by atoms with Crippen molar-refractivity contribution in [3.63, 3.8) is 0 Å². The van der Waals surface area contributed by atoms with Crippen molar-refractivity contribution < 1.29 is 13.9 Å². The predicted molar refractivity (Wildman–Crippen MR) is 109 cm³/mol. The summed E-state index contributed by atoms with van der Waals surface area (Å²) in [4.78, 5) is 12.2. The average molecular weight is 466 g/mol. The summed E-state index contributed by atoms with van der Waals surface area (Å²) in [5, 5.41) is 2.89. The van der Waals surface area contributed by atoms with Crippen LogP contribution in [0.3, 0.4) is 0 Å². The van der Waals surface area contributed by atoms with Crippen molar-refractivity contribution in [2.24, 2.45) is 0 Å². The van der Waals surface area contributed by atoms with E-state index in [2.05, 4.69) is 5.32 Å². The summed E-state index contributed by atoms with van der Waals surface area (Å²) >= 11 is 30.2. The fraction of sp³-hybridized carbons (Fsp3) is 0.0556. The lowest BCUT2D eigenvalue weighted by molar-refractivity contribution is 0.0992. The highest BCUT2D eigenvalue weighted by molar-refractivity contribution is 6.55. The predicted octanol–water partition coefficient (Wildman–Crippen LogP) is 7.38. The number of para-hydroxylation sites is 1. The summed E-state index contributed by atoms with van der Waals surface area (Å²) < 4.78 is 11.1. The molecule has 1 heterocycles. The Hall–Kier alpha value is -1.56. The van der Waals surface area contributed by atoms with Gasteiger partial charge in [-0.05, 0) is 24.3 Å². The zero-order valence-electron chi connectivity index (χ0n) is 13.4. The van der Waals surface area contributed by atoms with E-state index in [0.717, 1.165) is 0 Å². The van der Waals surface area contributed by atoms with Crippen LogP contribution in [0.25, 0.3) is 0 Å². The molecule has 0 saturated heterocycles. The van der Waals surface area contributed by atoms with E-state index >= 15 is 0 Å². The molecule has 1 N–H and O–H groups in total. The lowest BCUT2D eigenvalue weighted by Crippen LogP contribution is -2.10. The topological polar surface area (TPSA) is 51.5 Å². The molecular weight excluding hydrogens is 455 g/mol. The van der Waals surface area contributed by atoms with E-state index < -0.39 is 0 Å². The summed E-state index contributed by atoms with van der Waals surface area (Å²) in [6.07, 6.45) is 0. The second-order valence-electron chi connectivity index (χ2n) is 5.27. The molecule has 1 amide bonds. The zero-order valence-corrected chi connectivity index (χ0v) is 17.1. The smallest absolute Gasteiger partial charge is 0.291 e. The van der Waals surface area contributed by atoms with Gasteiger partial charge in [-0.3, -0.25) is 4.79 Å². The molecule has 0 spiro atoms. The molecule has 0 aliphatic heterocycles. The Morgan fingerprint density at radius 2 is 1.44 bits per heavy atom. The third kappa shape index (κ3) is 4.48. The van der Waals surface area contributed by atoms with Gasteiger partial charge in [0.2, 0.25) is 0 Å². The molecule has 2 aromatic carbocycles. The van der Waals surface area contributed by atoms with Gasteiger partial charge in [0, 0.05) is 5.69 Å². The summed E-state index contributed by atoms with van der Waals surface area (Å²) in [7, 11) is 0. The van der Waals surface area contributed by atoms with Crippen LogP contribution in [-0.2, 0) is 6.61 Å². The number of nitrogens with one attached hydrogen (secondary N) is 1. The number of benzene rings is 2. The summed E-state index contributed by atoms with van der Waals surface area (Å²) in [6.45, 7) is -0.0493. The first-order valence-electron chi connectivity index (χ1n) is 7.48. The molecule has 27 heavy (non-hydrogen) atoms. The molecule has 0 bridgehead atoms. The van der Waals surface area contributed by atoms with Crippen LogP contribution in [0.2, 0.25) is 25.1 Å². The molecule has 0 unspecified atom stereocenters. The molecule has 0 radical (unpaired) electrons. The Morgan fingerprint density at radius 1 is 0.852 bits per heavy atom. The molecule has 3 rings (SSSR count). The standard InChI is InChI=1S/C18H10Cl5NO3/c19-12-13(20)15(22)17(16(23)14(12)21)26-8-10-6-7-11(27-10)18(25)24-9-4-2-1-3-5-9/h1-7H,8H2,(H,24,25). The largest absolute Gasteiger partial charge is 0.482 e. The molecule has 3 aromatic rings. The number of anilines is 1. The molecule has 0 aliphatic rings. The minimum atomic E-state index is -0.388. The van der Waals surface area contributed by atoms with Gasteiger partial charge in [0.05, 0.1) is 15.1 Å². The Bertz CT molecular complexity index is 959. The number of ether oxygens (including phenoxy) is 1. The first kappa shape index (κ1) is 20.2. The second-order valence-corrected chi connectivity index (χ2v) is 7.16. The van der Waals surface area contributed by atoms with Gasteiger partial charge in [-0.2, -0.15) is 0 Å². The van der Waals surface area contributed by atoms with Gasteiger partial charge >= 0.3 is 0 Å². The van der Waals surface area contributed by atoms with Gasteiger partial charge in [-0.25, -0.2) is 0 Å². The van der Waals surface area contributed by atoms with Gasteiger partial charge in [0.1, 0.15) is 22.4 Å². The van der Waals surface area contributed by atoms with Crippen molar-refractivity contribution in [2.75, 3.05) is 5.32 Å². The summed E-state index contributed by atoms with van der Waals surface area (Å²) in [6, 6.07) is 12.1. The molecule has 0 fully saturated rings. The molecule has 9 heteroatoms. The molecule has 1 aromatic heterocycles. The third-order valence-corrected chi connectivity index (χ3v) is 5.69. The number of furan rings is 1. The summed E-state index contributed by atoms with van der Waals surface area (Å²) in [5.74, 6) is 0.190. The molecule has 140 valence electrons. The maximum Gasteiger partial charge on any atom is 0.291 e. The fourth-order valence-corrected chi connectivity index (χ4v) is 3.38. The van der Waals surface area contributed by atoms with Gasteiger partial charge in [-0.15, -0.1) is 0 Å². The lowest BCUT2D eigenvalue weighted by Gasteiger charge is -2.12. The molecule has 0 aliphatic carbocycles. The van der Waals surface area contributed by atoms with E-state index in [1.165, 1.54) is 6.07 Å². The van der Waals surface area contributed by atoms with Crippen LogP contribution < -0.4 is 10.1 Å². The van der Waals surface area contributed by atoms with Crippen molar-refractivity contribution in [1.29, 1.82) is 0 Å². The Labute approximate surface area is 179 Å². The highest BCUT2D eigenvalue weighted by atomic mass is 35.5. The van der Waals surface area contributed by atoms with Gasteiger partial charge in [0.25, 0.3) is 5.91 Å². The second kappa shape index (κ2) is 8.63. The number of carbonyl (C=O) groups is 1. The minimum Gasteiger partial charge on any atom is -0.482 e. The Morgan fingerprint density at radius 3 is 2.07 bits per heavy atom.